The molecule has 92 valence electrons. The molecule has 1 saturated carbocycles. The number of benzene rings is 1. The van der Waals surface area contributed by atoms with E-state index in [2.05, 4.69) is 10.6 Å². The number of ether oxygens (including phenoxy) is 1. The summed E-state index contributed by atoms with van der Waals surface area (Å²) in [6, 6.07) is 8.07. The Kier molecular flexibility index (Phi) is 3.98. The van der Waals surface area contributed by atoms with Gasteiger partial charge in [0, 0.05) is 19.0 Å². The second-order valence-corrected chi connectivity index (χ2v) is 4.23. The molecule has 0 spiro atoms. The fourth-order valence-electron chi connectivity index (χ4n) is 1.64. The lowest BCUT2D eigenvalue weighted by Crippen LogP contribution is -2.23. The molecule has 4 heteroatoms. The number of hydrogen-bond donors (Lipinski definition) is 2. The molecule has 1 fully saturated rings. The van der Waals surface area contributed by atoms with Gasteiger partial charge in [0.1, 0.15) is 5.75 Å². The van der Waals surface area contributed by atoms with Crippen molar-refractivity contribution in [3.8, 4) is 5.75 Å². The van der Waals surface area contributed by atoms with Crippen molar-refractivity contribution in [2.75, 3.05) is 19.0 Å². The molecule has 17 heavy (non-hydrogen) atoms. The van der Waals surface area contributed by atoms with Crippen molar-refractivity contribution < 1.29 is 9.53 Å². The maximum Gasteiger partial charge on any atom is 0.225 e. The van der Waals surface area contributed by atoms with E-state index in [4.69, 9.17) is 4.74 Å². The smallest absolute Gasteiger partial charge is 0.225 e. The molecule has 1 aliphatic carbocycles. The number of amides is 1. The quantitative estimate of drug-likeness (QED) is 0.788. The topological polar surface area (TPSA) is 50.4 Å². The largest absolute Gasteiger partial charge is 0.495 e. The van der Waals surface area contributed by atoms with Crippen LogP contribution in [0.4, 0.5) is 5.69 Å². The highest BCUT2D eigenvalue weighted by atomic mass is 16.5. The summed E-state index contributed by atoms with van der Waals surface area (Å²) in [6.07, 6.45) is 2.98. The van der Waals surface area contributed by atoms with Gasteiger partial charge in [-0.05, 0) is 25.0 Å². The molecule has 4 nitrogen and oxygen atoms in total. The van der Waals surface area contributed by atoms with Gasteiger partial charge in [0.15, 0.2) is 0 Å². The average molecular weight is 234 g/mol. The first-order valence-electron chi connectivity index (χ1n) is 5.96. The molecule has 0 unspecified atom stereocenters. The van der Waals surface area contributed by atoms with Gasteiger partial charge in [-0.15, -0.1) is 0 Å². The first-order valence-corrected chi connectivity index (χ1v) is 5.96. The number of carbonyl (C=O) groups excluding carboxylic acids is 1. The molecular weight excluding hydrogens is 216 g/mol. The molecule has 1 aliphatic rings. The molecule has 2 rings (SSSR count). The standard InChI is InChI=1S/C13H18N2O2/c1-17-12-5-3-2-4-11(12)15-13(16)8-9-14-10-6-7-10/h2-5,10,14H,6-9H2,1H3,(H,15,16). The zero-order valence-electron chi connectivity index (χ0n) is 10.0. The first kappa shape index (κ1) is 11.9. The van der Waals surface area contributed by atoms with E-state index in [1.54, 1.807) is 7.11 Å². The van der Waals surface area contributed by atoms with Crippen molar-refractivity contribution in [2.45, 2.75) is 25.3 Å². The van der Waals surface area contributed by atoms with Gasteiger partial charge in [0.25, 0.3) is 0 Å². The molecule has 1 aromatic carbocycles. The summed E-state index contributed by atoms with van der Waals surface area (Å²) in [6.45, 7) is 0.742. The van der Waals surface area contributed by atoms with Crippen molar-refractivity contribution in [1.29, 1.82) is 0 Å². The maximum absolute atomic E-state index is 11.7. The Morgan fingerprint density at radius 3 is 2.88 bits per heavy atom. The van der Waals surface area contributed by atoms with Crippen molar-refractivity contribution >= 4 is 11.6 Å². The average Bonchev–Trinajstić information content (AvgIpc) is 3.14. The van der Waals surface area contributed by atoms with Gasteiger partial charge < -0.3 is 15.4 Å². The SMILES string of the molecule is COc1ccccc1NC(=O)CCNC1CC1. The summed E-state index contributed by atoms with van der Waals surface area (Å²) in [5.41, 5.74) is 0.728. The van der Waals surface area contributed by atoms with Gasteiger partial charge in [-0.3, -0.25) is 4.79 Å². The lowest BCUT2D eigenvalue weighted by molar-refractivity contribution is -0.116. The van der Waals surface area contributed by atoms with Crippen LogP contribution in [0.25, 0.3) is 0 Å². The van der Waals surface area contributed by atoms with E-state index in [0.717, 1.165) is 12.2 Å². The highest BCUT2D eigenvalue weighted by Crippen LogP contribution is 2.23. The Hall–Kier alpha value is -1.55. The Morgan fingerprint density at radius 1 is 1.41 bits per heavy atom. The number of methoxy groups -OCH3 is 1. The number of anilines is 1. The summed E-state index contributed by atoms with van der Waals surface area (Å²) in [5, 5.41) is 6.16. The van der Waals surface area contributed by atoms with E-state index >= 15 is 0 Å². The van der Waals surface area contributed by atoms with Crippen LogP contribution in [0.3, 0.4) is 0 Å². The van der Waals surface area contributed by atoms with Crippen LogP contribution in [0.5, 0.6) is 5.75 Å². The third-order valence-corrected chi connectivity index (χ3v) is 2.74. The molecule has 0 atom stereocenters. The van der Waals surface area contributed by atoms with Crippen molar-refractivity contribution in [3.63, 3.8) is 0 Å². The lowest BCUT2D eigenvalue weighted by atomic mass is 10.3. The Balaban J connectivity index is 1.79. The zero-order valence-corrected chi connectivity index (χ0v) is 10.0. The number of para-hydroxylation sites is 2. The second kappa shape index (κ2) is 5.68. The normalized spacial score (nSPS) is 14.4. The Bertz CT molecular complexity index is 389. The minimum atomic E-state index is 0.0163. The Labute approximate surface area is 101 Å². The summed E-state index contributed by atoms with van der Waals surface area (Å²) in [7, 11) is 1.60. The monoisotopic (exact) mass is 234 g/mol. The summed E-state index contributed by atoms with van der Waals surface area (Å²) >= 11 is 0. The predicted molar refractivity (Wildman–Crippen MR) is 67.3 cm³/mol. The van der Waals surface area contributed by atoms with E-state index in [1.807, 2.05) is 24.3 Å². The molecule has 0 saturated heterocycles. The zero-order chi connectivity index (χ0) is 12.1. The van der Waals surface area contributed by atoms with Gasteiger partial charge in [-0.1, -0.05) is 12.1 Å². The molecule has 0 radical (unpaired) electrons. The number of rotatable bonds is 6. The van der Waals surface area contributed by atoms with E-state index in [1.165, 1.54) is 12.8 Å². The molecule has 0 bridgehead atoms. The highest BCUT2D eigenvalue weighted by molar-refractivity contribution is 5.92. The third kappa shape index (κ3) is 3.75. The minimum absolute atomic E-state index is 0.0163. The maximum atomic E-state index is 11.7. The van der Waals surface area contributed by atoms with E-state index in [9.17, 15) is 4.79 Å². The highest BCUT2D eigenvalue weighted by Gasteiger charge is 2.20. The fourth-order valence-corrected chi connectivity index (χ4v) is 1.64. The minimum Gasteiger partial charge on any atom is -0.495 e. The summed E-state index contributed by atoms with van der Waals surface area (Å²) in [4.78, 5) is 11.7. The predicted octanol–water partition coefficient (Wildman–Crippen LogP) is 1.78. The summed E-state index contributed by atoms with van der Waals surface area (Å²) < 4.78 is 5.17. The van der Waals surface area contributed by atoms with Crippen LogP contribution in [-0.2, 0) is 4.79 Å². The molecule has 1 aromatic rings. The van der Waals surface area contributed by atoms with Crippen molar-refractivity contribution in [3.05, 3.63) is 24.3 Å². The second-order valence-electron chi connectivity index (χ2n) is 4.23. The molecule has 2 N–H and O–H groups in total. The van der Waals surface area contributed by atoms with Crippen LogP contribution < -0.4 is 15.4 Å². The molecular formula is C13H18N2O2. The van der Waals surface area contributed by atoms with Gasteiger partial charge in [-0.2, -0.15) is 0 Å². The third-order valence-electron chi connectivity index (χ3n) is 2.74. The molecule has 0 aliphatic heterocycles. The number of carbonyl (C=O) groups is 1. The molecule has 0 heterocycles. The molecule has 1 amide bonds. The van der Waals surface area contributed by atoms with Crippen LogP contribution in [-0.4, -0.2) is 25.6 Å². The fraction of sp³-hybridized carbons (Fsp3) is 0.462. The Morgan fingerprint density at radius 2 is 2.18 bits per heavy atom. The first-order chi connectivity index (χ1) is 8.29. The van der Waals surface area contributed by atoms with Crippen molar-refractivity contribution in [2.24, 2.45) is 0 Å². The van der Waals surface area contributed by atoms with Gasteiger partial charge in [0.2, 0.25) is 5.91 Å². The van der Waals surface area contributed by atoms with Gasteiger partial charge >= 0.3 is 0 Å². The van der Waals surface area contributed by atoms with Gasteiger partial charge in [0.05, 0.1) is 12.8 Å². The molecule has 0 aromatic heterocycles. The van der Waals surface area contributed by atoms with E-state index < -0.39 is 0 Å². The van der Waals surface area contributed by atoms with Crippen LogP contribution in [0, 0.1) is 0 Å². The van der Waals surface area contributed by atoms with Crippen molar-refractivity contribution in [1.82, 2.24) is 5.32 Å². The van der Waals surface area contributed by atoms with Gasteiger partial charge in [-0.25, -0.2) is 0 Å². The van der Waals surface area contributed by atoms with Crippen LogP contribution in [0.15, 0.2) is 24.3 Å². The van der Waals surface area contributed by atoms with E-state index in [-0.39, 0.29) is 5.91 Å². The summed E-state index contributed by atoms with van der Waals surface area (Å²) in [5.74, 6) is 0.707. The number of hydrogen-bond acceptors (Lipinski definition) is 3. The van der Waals surface area contributed by atoms with Crippen LogP contribution in [0.1, 0.15) is 19.3 Å². The van der Waals surface area contributed by atoms with Crippen LogP contribution >= 0.6 is 0 Å². The van der Waals surface area contributed by atoms with Crippen LogP contribution in [0.2, 0.25) is 0 Å². The number of nitrogens with one attached hydrogen (secondary N) is 2. The van der Waals surface area contributed by atoms with E-state index in [0.29, 0.717) is 18.2 Å². The lowest BCUT2D eigenvalue weighted by Gasteiger charge is -2.09.